The van der Waals surface area contributed by atoms with E-state index in [1.54, 1.807) is 12.1 Å². The zero-order valence-electron chi connectivity index (χ0n) is 89.5. The second-order valence-corrected chi connectivity index (χ2v) is 46.9. The van der Waals surface area contributed by atoms with Gasteiger partial charge in [-0.3, -0.25) is 20.4 Å². The molecule has 0 aliphatic rings. The zero-order chi connectivity index (χ0) is 104. The highest BCUT2D eigenvalue weighted by Crippen LogP contribution is 2.43. The van der Waals surface area contributed by atoms with Crippen LogP contribution in [0.5, 0.6) is 34.5 Å². The van der Waals surface area contributed by atoms with Gasteiger partial charge >= 0.3 is 0 Å². The summed E-state index contributed by atoms with van der Waals surface area (Å²) in [5, 5.41) is 101. The first kappa shape index (κ1) is 110. The van der Waals surface area contributed by atoms with Gasteiger partial charge in [-0.15, -0.1) is 0 Å². The third-order valence-electron chi connectivity index (χ3n) is 24.4. The topological polar surface area (TPSA) is 236 Å². The first-order valence-corrected chi connectivity index (χ1v) is 48.4. The molecule has 0 aliphatic carbocycles. The first-order valence-electron chi connectivity index (χ1n) is 48.4. The maximum atomic E-state index is 13.2. The van der Waals surface area contributed by atoms with Crippen molar-refractivity contribution >= 4 is 86.7 Å². The Labute approximate surface area is 830 Å². The van der Waals surface area contributed by atoms with E-state index in [9.17, 15) is 39.4 Å². The van der Waals surface area contributed by atoms with Gasteiger partial charge in [0.15, 0.2) is 0 Å². The first-order chi connectivity index (χ1) is 64.8. The number of hydrogen-bond acceptors (Lipinski definition) is 10. The average molecular weight is 1890 g/mol. The van der Waals surface area contributed by atoms with Crippen LogP contribution in [-0.4, -0.2) is 71.4 Å². The van der Waals surface area contributed by atoms with E-state index in [4.69, 9.17) is 0 Å². The summed E-state index contributed by atoms with van der Waals surface area (Å²) in [5.41, 5.74) is 20.7. The number of nitrogens with zero attached hydrogens (tertiary/aromatic N) is 4. The van der Waals surface area contributed by atoms with Crippen LogP contribution in [0.1, 0.15) is 286 Å². The van der Waals surface area contributed by atoms with Crippen molar-refractivity contribution in [3.05, 3.63) is 345 Å². The molecule has 0 aliphatic heterocycles. The Hall–Kier alpha value is -13.3. The highest BCUT2D eigenvalue weighted by molar-refractivity contribution is 5.93. The van der Waals surface area contributed by atoms with Crippen molar-refractivity contribution in [1.82, 2.24) is 40.8 Å². The van der Waals surface area contributed by atoms with Crippen LogP contribution in [-0.2, 0) is 54.1 Å². The number of aromatic amines is 4. The van der Waals surface area contributed by atoms with Gasteiger partial charge in [0.25, 0.3) is 0 Å². The van der Waals surface area contributed by atoms with Crippen LogP contribution >= 0.6 is 0 Å². The minimum atomic E-state index is -0.352. The third-order valence-corrected chi connectivity index (χ3v) is 24.4. The highest BCUT2D eigenvalue weighted by atomic mass is 19.1. The molecule has 0 radical (unpaired) electrons. The van der Waals surface area contributed by atoms with Gasteiger partial charge in [0.2, 0.25) is 0 Å². The Kier molecular flexibility index (Phi) is 34.7. The minimum Gasteiger partial charge on any atom is -0.508 e. The predicted octanol–water partition coefficient (Wildman–Crippen LogP) is 33.7. The Balaban J connectivity index is 0.000000174. The quantitative estimate of drug-likeness (QED) is 0.0689. The van der Waals surface area contributed by atoms with Crippen LogP contribution in [0.3, 0.4) is 0 Å². The summed E-state index contributed by atoms with van der Waals surface area (Å²) in [6, 6.07) is 73.3. The maximum absolute atomic E-state index is 13.2. The van der Waals surface area contributed by atoms with E-state index in [0.717, 1.165) is 43.7 Å². The van der Waals surface area contributed by atoms with Gasteiger partial charge in [0.05, 0.1) is 46.9 Å². The SMILES string of the molecule is CC(C)(C)c1c(O)ccc2ccccc12.CC(C)(C)c1c(O)ccc2ccccc12.CC(C)(C)c1c(O)cccc1F.CC(C)(C)c1c(O)cccc1F.CC(C)(C)c1cc(O)cc2ccccc12.CC(C)(C)c1cc(O)cc2ccccc12.Cc1ccc2[nH]ncc2c1C(C)(C)C.Cc1ccc2[nH]ncc2c1C(C)(C)C.Cc1ccc2cn[nH]c2c1C(C)(C)C.Cc1ccc2cn[nH]c2c1C(C)(C)C. The Bertz CT molecular complexity index is 6610. The van der Waals surface area contributed by atoms with Crippen molar-refractivity contribution in [2.24, 2.45) is 0 Å². The molecule has 14 nitrogen and oxygen atoms in total. The standard InChI is InChI=1S/4C14H16O.4C12H16N2.2C10H13FO/c2*1-14(2,3)13-9-11(15)8-10-6-4-5-7-12(10)13;2*1-14(2,3)13-11-7-5-4-6-10(11)8-9-12(13)15;2*1-8-5-6-10-9(7-13-14-10)11(8)12(2,3)4;2*1-8-5-6-9-7-13-14-11(9)10(8)12(2,3)4;2*1-10(2,3)9-7(11)5-4-6-8(9)12/h4*4-9,15H,1-3H3;4*5-7H,1-4H3,(H,13,14);2*4-6,12H,1-3H3. The molecule has 0 saturated heterocycles. The predicted molar refractivity (Wildman–Crippen MR) is 589 cm³/mol. The molecule has 0 bridgehead atoms. The molecule has 740 valence electrons. The lowest BCUT2D eigenvalue weighted by atomic mass is 9.82. The summed E-state index contributed by atoms with van der Waals surface area (Å²) in [4.78, 5) is 0. The molecule has 16 heteroatoms. The fourth-order valence-electron chi connectivity index (χ4n) is 18.8. The molecular formula is C124H154F2N8O6. The van der Waals surface area contributed by atoms with Gasteiger partial charge in [0.1, 0.15) is 46.1 Å². The average Bonchev–Trinajstić information content (AvgIpc) is 1.78. The van der Waals surface area contributed by atoms with Crippen LogP contribution in [0.4, 0.5) is 8.78 Å². The number of rotatable bonds is 0. The Morgan fingerprint density at radius 2 is 0.464 bits per heavy atom. The molecule has 10 N–H and O–H groups in total. The molecular weight excluding hydrogens is 1740 g/mol. The van der Waals surface area contributed by atoms with Gasteiger partial charge in [-0.25, -0.2) is 8.78 Å². The third kappa shape index (κ3) is 28.1. The smallest absolute Gasteiger partial charge is 0.130 e. The second-order valence-electron chi connectivity index (χ2n) is 46.9. The molecule has 0 atom stereocenters. The van der Waals surface area contributed by atoms with Crippen molar-refractivity contribution in [2.45, 2.75) is 290 Å². The summed E-state index contributed by atoms with van der Waals surface area (Å²) >= 11 is 0. The molecule has 18 rings (SSSR count). The van der Waals surface area contributed by atoms with E-state index in [-0.39, 0.29) is 77.3 Å². The van der Waals surface area contributed by atoms with Gasteiger partial charge < -0.3 is 30.6 Å². The summed E-state index contributed by atoms with van der Waals surface area (Å²) in [6.45, 7) is 72.3. The van der Waals surface area contributed by atoms with Crippen LogP contribution in [0.25, 0.3) is 86.7 Å². The maximum Gasteiger partial charge on any atom is 0.130 e. The molecule has 0 spiro atoms. The lowest BCUT2D eigenvalue weighted by Gasteiger charge is -2.22. The molecule has 0 amide bonds. The van der Waals surface area contributed by atoms with Gasteiger partial charge in [-0.2, -0.15) is 20.4 Å². The van der Waals surface area contributed by atoms with E-state index in [1.807, 2.05) is 163 Å². The molecule has 0 fully saturated rings. The summed E-state index contributed by atoms with van der Waals surface area (Å²) in [5.74, 6) is 0.842. The van der Waals surface area contributed by atoms with Crippen molar-refractivity contribution in [2.75, 3.05) is 0 Å². The Morgan fingerprint density at radius 3 is 0.750 bits per heavy atom. The van der Waals surface area contributed by atoms with Crippen LogP contribution in [0.15, 0.2) is 255 Å². The number of H-pyrrole nitrogens is 4. The number of nitrogens with one attached hydrogen (secondary N) is 4. The van der Waals surface area contributed by atoms with E-state index in [2.05, 4.69) is 320 Å². The number of benzene rings is 14. The van der Waals surface area contributed by atoms with Crippen molar-refractivity contribution < 1.29 is 39.4 Å². The fraction of sp³-hybridized carbons (Fsp3) is 0.355. The number of aromatic hydroxyl groups is 6. The molecule has 4 aromatic heterocycles. The van der Waals surface area contributed by atoms with E-state index in [0.29, 0.717) is 34.1 Å². The van der Waals surface area contributed by atoms with Gasteiger partial charge in [-0.05, 0) is 253 Å². The van der Waals surface area contributed by atoms with E-state index in [1.165, 1.54) is 146 Å². The monoisotopic (exact) mass is 1890 g/mol. The molecule has 4 heterocycles. The van der Waals surface area contributed by atoms with Crippen molar-refractivity contribution in [3.63, 3.8) is 0 Å². The number of aromatic nitrogens is 8. The van der Waals surface area contributed by atoms with Crippen LogP contribution in [0, 0.1) is 39.3 Å². The molecule has 140 heavy (non-hydrogen) atoms. The minimum absolute atomic E-state index is 0.0301. The number of phenolic OH excluding ortho intramolecular Hbond substituents is 6. The second kappa shape index (κ2) is 44.0. The molecule has 14 aromatic carbocycles. The normalized spacial score (nSPS) is 12.0. The number of hydrogen-bond donors (Lipinski definition) is 10. The van der Waals surface area contributed by atoms with Crippen LogP contribution < -0.4 is 0 Å². The fourth-order valence-corrected chi connectivity index (χ4v) is 18.8. The largest absolute Gasteiger partial charge is 0.508 e. The van der Waals surface area contributed by atoms with Gasteiger partial charge in [0, 0.05) is 43.8 Å². The lowest BCUT2D eigenvalue weighted by Crippen LogP contribution is -2.13. The highest BCUT2D eigenvalue weighted by Gasteiger charge is 2.29. The number of halogens is 2. The van der Waals surface area contributed by atoms with Gasteiger partial charge in [-0.1, -0.05) is 365 Å². The summed E-state index contributed by atoms with van der Waals surface area (Å²) in [7, 11) is 0. The number of fused-ring (bicyclic) bond motifs is 8. The summed E-state index contributed by atoms with van der Waals surface area (Å²) in [6.07, 6.45) is 7.60. The lowest BCUT2D eigenvalue weighted by molar-refractivity contribution is 0.428. The molecule has 0 unspecified atom stereocenters. The number of phenols is 6. The molecule has 18 aromatic rings. The zero-order valence-corrected chi connectivity index (χ0v) is 89.5. The number of aryl methyl sites for hydroxylation is 4. The molecule has 0 saturated carbocycles. The Morgan fingerprint density at radius 1 is 0.207 bits per heavy atom. The van der Waals surface area contributed by atoms with Crippen molar-refractivity contribution in [3.8, 4) is 34.5 Å². The van der Waals surface area contributed by atoms with E-state index < -0.39 is 0 Å². The van der Waals surface area contributed by atoms with Crippen LogP contribution in [0.2, 0.25) is 0 Å². The van der Waals surface area contributed by atoms with E-state index >= 15 is 0 Å². The van der Waals surface area contributed by atoms with Crippen molar-refractivity contribution in [1.29, 1.82) is 0 Å². The summed E-state index contributed by atoms with van der Waals surface area (Å²) < 4.78 is 26.4.